The molecule has 0 aliphatic rings. The summed E-state index contributed by atoms with van der Waals surface area (Å²) in [6.07, 6.45) is 0. The molecule has 0 fully saturated rings. The zero-order valence-corrected chi connectivity index (χ0v) is 18.1. The molecular weight excluding hydrogens is 420 g/mol. The SMILES string of the molecule is CNS(=O)(=O)c1ccc(CNC(=S)Nc2cccc(S(=O)(=O)N(C)C)c2)cc1. The molecule has 28 heavy (non-hydrogen) atoms. The van der Waals surface area contributed by atoms with Crippen LogP contribution in [0.15, 0.2) is 58.3 Å². The fraction of sp³-hybridized carbons (Fsp3) is 0.235. The highest BCUT2D eigenvalue weighted by molar-refractivity contribution is 7.89. The molecule has 3 N–H and O–H groups in total. The Labute approximate surface area is 171 Å². The Morgan fingerprint density at radius 3 is 2.21 bits per heavy atom. The van der Waals surface area contributed by atoms with E-state index in [9.17, 15) is 16.8 Å². The predicted octanol–water partition coefficient (Wildman–Crippen LogP) is 1.33. The average molecular weight is 443 g/mol. The minimum Gasteiger partial charge on any atom is -0.358 e. The number of thiocarbonyl (C=S) groups is 1. The fourth-order valence-corrected chi connectivity index (χ4v) is 4.08. The zero-order valence-electron chi connectivity index (χ0n) is 15.6. The number of rotatable bonds is 7. The van der Waals surface area contributed by atoms with Crippen molar-refractivity contribution < 1.29 is 16.8 Å². The lowest BCUT2D eigenvalue weighted by atomic mass is 10.2. The van der Waals surface area contributed by atoms with Crippen molar-refractivity contribution in [2.24, 2.45) is 0 Å². The fourth-order valence-electron chi connectivity index (χ4n) is 2.21. The van der Waals surface area contributed by atoms with Crippen LogP contribution in [0, 0.1) is 0 Å². The van der Waals surface area contributed by atoms with Crippen molar-refractivity contribution in [3.05, 3.63) is 54.1 Å². The predicted molar refractivity (Wildman–Crippen MR) is 113 cm³/mol. The maximum Gasteiger partial charge on any atom is 0.242 e. The normalized spacial score (nSPS) is 12.0. The van der Waals surface area contributed by atoms with E-state index < -0.39 is 20.0 Å². The van der Waals surface area contributed by atoms with Crippen molar-refractivity contribution in [3.8, 4) is 0 Å². The molecule has 2 aromatic carbocycles. The second kappa shape index (κ2) is 8.97. The van der Waals surface area contributed by atoms with Crippen molar-refractivity contribution in [2.75, 3.05) is 26.5 Å². The lowest BCUT2D eigenvalue weighted by molar-refractivity contribution is 0.521. The number of hydrogen-bond donors (Lipinski definition) is 3. The second-order valence-electron chi connectivity index (χ2n) is 5.97. The minimum atomic E-state index is -3.53. The van der Waals surface area contributed by atoms with Crippen LogP contribution in [0.2, 0.25) is 0 Å². The largest absolute Gasteiger partial charge is 0.358 e. The van der Waals surface area contributed by atoms with Crippen LogP contribution in [-0.4, -0.2) is 47.4 Å². The van der Waals surface area contributed by atoms with Crippen LogP contribution in [-0.2, 0) is 26.6 Å². The van der Waals surface area contributed by atoms with Crippen LogP contribution in [0.4, 0.5) is 5.69 Å². The zero-order chi connectivity index (χ0) is 20.9. The van der Waals surface area contributed by atoms with E-state index in [0.717, 1.165) is 9.87 Å². The quantitative estimate of drug-likeness (QED) is 0.555. The van der Waals surface area contributed by atoms with Crippen LogP contribution >= 0.6 is 12.2 Å². The molecule has 0 spiro atoms. The van der Waals surface area contributed by atoms with Gasteiger partial charge in [0.1, 0.15) is 0 Å². The summed E-state index contributed by atoms with van der Waals surface area (Å²) < 4.78 is 51.2. The average Bonchev–Trinajstić information content (AvgIpc) is 2.66. The first kappa shape index (κ1) is 22.2. The van der Waals surface area contributed by atoms with E-state index in [4.69, 9.17) is 12.2 Å². The topological polar surface area (TPSA) is 108 Å². The molecule has 8 nitrogen and oxygen atoms in total. The molecule has 0 bridgehead atoms. The van der Waals surface area contributed by atoms with E-state index in [2.05, 4.69) is 15.4 Å². The molecule has 2 aromatic rings. The summed E-state index contributed by atoms with van der Waals surface area (Å²) in [6.45, 7) is 0.376. The van der Waals surface area contributed by atoms with Gasteiger partial charge in [0.15, 0.2) is 5.11 Å². The molecule has 0 atom stereocenters. The van der Waals surface area contributed by atoms with Crippen LogP contribution in [0.25, 0.3) is 0 Å². The number of anilines is 1. The molecule has 0 aliphatic carbocycles. The highest BCUT2D eigenvalue weighted by Gasteiger charge is 2.17. The Balaban J connectivity index is 2.00. The number of sulfonamides is 2. The standard InChI is InChI=1S/C17H22N4O4S3/c1-18-27(22,23)15-9-7-13(8-10-15)12-19-17(26)20-14-5-4-6-16(11-14)28(24,25)21(2)3/h4-11,18H,12H2,1-3H3,(H2,19,20,26). The molecular formula is C17H22N4O4S3. The van der Waals surface area contributed by atoms with Gasteiger partial charge in [-0.3, -0.25) is 0 Å². The van der Waals surface area contributed by atoms with E-state index in [1.54, 1.807) is 24.3 Å². The molecule has 0 aliphatic heterocycles. The highest BCUT2D eigenvalue weighted by Crippen LogP contribution is 2.18. The summed E-state index contributed by atoms with van der Waals surface area (Å²) in [5.41, 5.74) is 1.37. The van der Waals surface area contributed by atoms with Crippen LogP contribution in [0.1, 0.15) is 5.56 Å². The van der Waals surface area contributed by atoms with Gasteiger partial charge in [-0.25, -0.2) is 25.9 Å². The van der Waals surface area contributed by atoms with Crippen molar-refractivity contribution in [3.63, 3.8) is 0 Å². The van der Waals surface area contributed by atoms with Gasteiger partial charge in [0, 0.05) is 26.3 Å². The van der Waals surface area contributed by atoms with Crippen molar-refractivity contribution in [1.29, 1.82) is 0 Å². The highest BCUT2D eigenvalue weighted by atomic mass is 32.2. The van der Waals surface area contributed by atoms with E-state index in [-0.39, 0.29) is 9.79 Å². The van der Waals surface area contributed by atoms with Crippen molar-refractivity contribution in [2.45, 2.75) is 16.3 Å². The van der Waals surface area contributed by atoms with Gasteiger partial charge < -0.3 is 10.6 Å². The Morgan fingerprint density at radius 1 is 1.00 bits per heavy atom. The summed E-state index contributed by atoms with van der Waals surface area (Å²) in [7, 11) is -2.72. The van der Waals surface area contributed by atoms with Gasteiger partial charge >= 0.3 is 0 Å². The maximum absolute atomic E-state index is 12.2. The molecule has 2 rings (SSSR count). The second-order valence-corrected chi connectivity index (χ2v) is 10.4. The number of hydrogen-bond acceptors (Lipinski definition) is 5. The van der Waals surface area contributed by atoms with Crippen LogP contribution in [0.3, 0.4) is 0 Å². The van der Waals surface area contributed by atoms with E-state index >= 15 is 0 Å². The number of nitrogens with zero attached hydrogens (tertiary/aromatic N) is 1. The summed E-state index contributed by atoms with van der Waals surface area (Å²) in [4.78, 5) is 0.338. The molecule has 0 radical (unpaired) electrons. The molecule has 152 valence electrons. The molecule has 0 aromatic heterocycles. The smallest absolute Gasteiger partial charge is 0.242 e. The van der Waals surface area contributed by atoms with Crippen molar-refractivity contribution >= 4 is 43.1 Å². The number of benzene rings is 2. The summed E-state index contributed by atoms with van der Waals surface area (Å²) in [6, 6.07) is 12.7. The van der Waals surface area contributed by atoms with Gasteiger partial charge in [-0.15, -0.1) is 0 Å². The lowest BCUT2D eigenvalue weighted by Crippen LogP contribution is -2.28. The van der Waals surface area contributed by atoms with E-state index in [1.165, 1.54) is 45.4 Å². The van der Waals surface area contributed by atoms with Gasteiger partial charge in [0.05, 0.1) is 9.79 Å². The van der Waals surface area contributed by atoms with Crippen molar-refractivity contribution in [1.82, 2.24) is 14.3 Å². The summed E-state index contributed by atoms with van der Waals surface area (Å²) in [5.74, 6) is 0. The maximum atomic E-state index is 12.2. The van der Waals surface area contributed by atoms with Gasteiger partial charge in [-0.05, 0) is 55.2 Å². The Morgan fingerprint density at radius 2 is 1.64 bits per heavy atom. The third kappa shape index (κ3) is 5.49. The molecule has 0 unspecified atom stereocenters. The van der Waals surface area contributed by atoms with Crippen LogP contribution in [0.5, 0.6) is 0 Å². The third-order valence-electron chi connectivity index (χ3n) is 3.83. The van der Waals surface area contributed by atoms with Crippen LogP contribution < -0.4 is 15.4 Å². The first-order chi connectivity index (χ1) is 13.1. The van der Waals surface area contributed by atoms with Gasteiger partial charge in [0.2, 0.25) is 20.0 Å². The van der Waals surface area contributed by atoms with Gasteiger partial charge in [-0.2, -0.15) is 0 Å². The van der Waals surface area contributed by atoms with Gasteiger partial charge in [0.25, 0.3) is 0 Å². The van der Waals surface area contributed by atoms with Gasteiger partial charge in [-0.1, -0.05) is 18.2 Å². The summed E-state index contributed by atoms with van der Waals surface area (Å²) in [5, 5.41) is 6.25. The molecule has 0 saturated heterocycles. The molecule has 0 heterocycles. The van der Waals surface area contributed by atoms with E-state index in [1.807, 2.05) is 0 Å². The first-order valence-electron chi connectivity index (χ1n) is 8.16. The Kier molecular flexibility index (Phi) is 7.12. The first-order valence-corrected chi connectivity index (χ1v) is 11.5. The third-order valence-corrected chi connectivity index (χ3v) is 7.31. The lowest BCUT2D eigenvalue weighted by Gasteiger charge is -2.14. The molecule has 0 amide bonds. The minimum absolute atomic E-state index is 0.159. The van der Waals surface area contributed by atoms with E-state index in [0.29, 0.717) is 17.3 Å². The Bertz CT molecular complexity index is 1050. The number of nitrogens with one attached hydrogen (secondary N) is 3. The monoisotopic (exact) mass is 442 g/mol. The Hall–Kier alpha value is -2.05. The molecule has 0 saturated carbocycles. The molecule has 11 heteroatoms. The summed E-state index contributed by atoms with van der Waals surface area (Å²) >= 11 is 5.24.